The molecule has 4 nitrogen and oxygen atoms in total. The summed E-state index contributed by atoms with van der Waals surface area (Å²) in [5.74, 6) is 0.899. The maximum atomic E-state index is 9.90. The minimum Gasteiger partial charge on any atom is -0.440 e. The van der Waals surface area contributed by atoms with Gasteiger partial charge < -0.3 is 15.4 Å². The van der Waals surface area contributed by atoms with Crippen LogP contribution in [0.25, 0.3) is 6.08 Å². The van der Waals surface area contributed by atoms with Crippen LogP contribution in [0, 0.1) is 25.2 Å². The molecule has 2 aliphatic heterocycles. The van der Waals surface area contributed by atoms with Crippen molar-refractivity contribution in [3.63, 3.8) is 0 Å². The predicted octanol–water partition coefficient (Wildman–Crippen LogP) is 3.37. The van der Waals surface area contributed by atoms with Crippen molar-refractivity contribution in [3.8, 4) is 6.07 Å². The Bertz CT molecular complexity index is 1120. The van der Waals surface area contributed by atoms with Crippen LogP contribution in [-0.4, -0.2) is 19.6 Å². The van der Waals surface area contributed by atoms with Crippen LogP contribution < -0.4 is 10.6 Å². The van der Waals surface area contributed by atoms with Gasteiger partial charge in [0.25, 0.3) is 0 Å². The SMILES string of the molecule is CC[NH+]1CC2=C(OC(N)=C(C#N)[C@@H]2c2cccc(C)c2)/C(=C/c2cccc(C)c2)C1. The van der Waals surface area contributed by atoms with Crippen LogP contribution >= 0.6 is 0 Å². The van der Waals surface area contributed by atoms with E-state index in [1.807, 2.05) is 6.07 Å². The lowest BCUT2D eigenvalue weighted by atomic mass is 9.80. The first-order chi connectivity index (χ1) is 14.5. The number of nitrogens with one attached hydrogen (secondary N) is 1. The highest BCUT2D eigenvalue weighted by atomic mass is 16.5. The van der Waals surface area contributed by atoms with Crippen molar-refractivity contribution in [1.82, 2.24) is 0 Å². The molecule has 0 aromatic heterocycles. The molecule has 2 atom stereocenters. The van der Waals surface area contributed by atoms with E-state index < -0.39 is 0 Å². The van der Waals surface area contributed by atoms with Gasteiger partial charge in [0.15, 0.2) is 0 Å². The van der Waals surface area contributed by atoms with Crippen molar-refractivity contribution in [2.45, 2.75) is 26.7 Å². The maximum Gasteiger partial charge on any atom is 0.205 e. The first-order valence-corrected chi connectivity index (χ1v) is 10.5. The van der Waals surface area contributed by atoms with Gasteiger partial charge in [-0.05, 0) is 38.0 Å². The number of rotatable bonds is 3. The van der Waals surface area contributed by atoms with E-state index in [-0.39, 0.29) is 11.8 Å². The van der Waals surface area contributed by atoms with Crippen molar-refractivity contribution in [3.05, 3.63) is 99.1 Å². The van der Waals surface area contributed by atoms with Gasteiger partial charge >= 0.3 is 0 Å². The van der Waals surface area contributed by atoms with Crippen LogP contribution in [-0.2, 0) is 4.74 Å². The molecule has 4 rings (SSSR count). The van der Waals surface area contributed by atoms with Crippen molar-refractivity contribution in [1.29, 1.82) is 5.26 Å². The van der Waals surface area contributed by atoms with Crippen molar-refractivity contribution < 1.29 is 9.64 Å². The zero-order valence-corrected chi connectivity index (χ0v) is 17.8. The minimum atomic E-state index is -0.165. The quantitative estimate of drug-likeness (QED) is 0.833. The van der Waals surface area contributed by atoms with Gasteiger partial charge in [-0.25, -0.2) is 0 Å². The lowest BCUT2D eigenvalue weighted by Gasteiger charge is -2.36. The molecule has 3 N–H and O–H groups in total. The predicted molar refractivity (Wildman–Crippen MR) is 119 cm³/mol. The second-order valence-electron chi connectivity index (χ2n) is 8.23. The molecule has 0 fully saturated rings. The van der Waals surface area contributed by atoms with Crippen LogP contribution in [0.4, 0.5) is 0 Å². The molecule has 2 aromatic carbocycles. The molecular formula is C26H28N3O+. The average Bonchev–Trinajstić information content (AvgIpc) is 2.73. The Hall–Kier alpha value is -3.29. The van der Waals surface area contributed by atoms with E-state index in [0.717, 1.165) is 47.7 Å². The standard InChI is InChI=1S/C26H27N3O/c1-4-29-15-21(13-19-9-5-7-17(2)11-19)25-23(16-29)24(22(14-27)26(28)30-25)20-10-6-8-18(3)12-20/h5-13,24H,4,15-16,28H2,1-3H3/p+1/b21-13+/t24-/m0/s1. The van der Waals surface area contributed by atoms with Crippen LogP contribution in [0.15, 0.2) is 76.9 Å². The van der Waals surface area contributed by atoms with E-state index in [9.17, 15) is 5.26 Å². The smallest absolute Gasteiger partial charge is 0.205 e. The molecule has 0 radical (unpaired) electrons. The van der Waals surface area contributed by atoms with Gasteiger partial charge in [0.05, 0.1) is 12.5 Å². The number of quaternary nitrogens is 1. The highest BCUT2D eigenvalue weighted by molar-refractivity contribution is 5.62. The largest absolute Gasteiger partial charge is 0.440 e. The summed E-state index contributed by atoms with van der Waals surface area (Å²) in [4.78, 5) is 1.45. The molecule has 0 aliphatic carbocycles. The average molecular weight is 399 g/mol. The van der Waals surface area contributed by atoms with Gasteiger partial charge in [-0.2, -0.15) is 5.26 Å². The Kier molecular flexibility index (Phi) is 5.48. The molecule has 0 saturated heterocycles. The van der Waals surface area contributed by atoms with E-state index in [0.29, 0.717) is 5.57 Å². The lowest BCUT2D eigenvalue weighted by molar-refractivity contribution is -0.890. The van der Waals surface area contributed by atoms with Gasteiger partial charge in [-0.15, -0.1) is 0 Å². The molecule has 0 spiro atoms. The lowest BCUT2D eigenvalue weighted by Crippen LogP contribution is -3.12. The van der Waals surface area contributed by atoms with Crippen LogP contribution in [0.1, 0.15) is 35.1 Å². The monoisotopic (exact) mass is 398 g/mol. The minimum absolute atomic E-state index is 0.165. The third-order valence-electron chi connectivity index (χ3n) is 5.96. The second kappa shape index (κ2) is 8.22. The molecule has 0 bridgehead atoms. The number of nitrogens with zero attached hydrogens (tertiary/aromatic N) is 1. The molecular weight excluding hydrogens is 370 g/mol. The molecule has 2 aliphatic rings. The Morgan fingerprint density at radius 3 is 2.53 bits per heavy atom. The number of aryl methyl sites for hydroxylation is 2. The summed E-state index contributed by atoms with van der Waals surface area (Å²) in [5.41, 5.74) is 13.7. The van der Waals surface area contributed by atoms with Crippen molar-refractivity contribution >= 4 is 6.08 Å². The number of hydrogen-bond donors (Lipinski definition) is 2. The summed E-state index contributed by atoms with van der Waals surface area (Å²) in [6.07, 6.45) is 2.20. The number of nitriles is 1. The number of allylic oxidation sites excluding steroid dienone is 1. The number of ether oxygens (including phenoxy) is 1. The van der Waals surface area contributed by atoms with E-state index in [2.05, 4.69) is 75.4 Å². The third kappa shape index (κ3) is 3.77. The van der Waals surface area contributed by atoms with Gasteiger partial charge in [-0.3, -0.25) is 0 Å². The molecule has 0 saturated carbocycles. The van der Waals surface area contributed by atoms with Crippen LogP contribution in [0.3, 0.4) is 0 Å². The maximum absolute atomic E-state index is 9.90. The first-order valence-electron chi connectivity index (χ1n) is 10.5. The number of hydrogen-bond acceptors (Lipinski definition) is 3. The van der Waals surface area contributed by atoms with Gasteiger partial charge in [0, 0.05) is 11.1 Å². The van der Waals surface area contributed by atoms with Crippen molar-refractivity contribution in [2.24, 2.45) is 5.73 Å². The van der Waals surface area contributed by atoms with E-state index >= 15 is 0 Å². The summed E-state index contributed by atoms with van der Waals surface area (Å²) >= 11 is 0. The zero-order valence-electron chi connectivity index (χ0n) is 17.8. The number of likely N-dealkylation sites (N-methyl/N-ethyl adjacent to an activating group) is 1. The van der Waals surface area contributed by atoms with Gasteiger partial charge in [0.1, 0.15) is 30.5 Å². The molecule has 30 heavy (non-hydrogen) atoms. The molecule has 4 heteroatoms. The van der Waals surface area contributed by atoms with Crippen molar-refractivity contribution in [2.75, 3.05) is 19.6 Å². The Balaban J connectivity index is 1.89. The second-order valence-corrected chi connectivity index (χ2v) is 8.23. The topological polar surface area (TPSA) is 63.5 Å². The fourth-order valence-electron chi connectivity index (χ4n) is 4.48. The molecule has 1 unspecified atom stereocenters. The highest BCUT2D eigenvalue weighted by Gasteiger charge is 2.39. The fourth-order valence-corrected chi connectivity index (χ4v) is 4.48. The fraction of sp³-hybridized carbons (Fsp3) is 0.269. The summed E-state index contributed by atoms with van der Waals surface area (Å²) in [7, 11) is 0. The van der Waals surface area contributed by atoms with Crippen LogP contribution in [0.2, 0.25) is 0 Å². The van der Waals surface area contributed by atoms with E-state index in [1.54, 1.807) is 0 Å². The highest BCUT2D eigenvalue weighted by Crippen LogP contribution is 2.41. The third-order valence-corrected chi connectivity index (χ3v) is 5.96. The zero-order chi connectivity index (χ0) is 21.3. The number of nitrogens with two attached hydrogens (primary N) is 1. The molecule has 152 valence electrons. The molecule has 0 amide bonds. The Morgan fingerprint density at radius 1 is 1.13 bits per heavy atom. The first kappa shape index (κ1) is 20.0. The van der Waals surface area contributed by atoms with Gasteiger partial charge in [-0.1, -0.05) is 59.7 Å². The molecule has 2 aromatic rings. The van der Waals surface area contributed by atoms with E-state index in [4.69, 9.17) is 10.5 Å². The van der Waals surface area contributed by atoms with Gasteiger partial charge in [0.2, 0.25) is 5.88 Å². The normalized spacial score (nSPS) is 22.5. The van der Waals surface area contributed by atoms with Crippen LogP contribution in [0.5, 0.6) is 0 Å². The summed E-state index contributed by atoms with van der Waals surface area (Å²) in [6, 6.07) is 19.1. The Morgan fingerprint density at radius 2 is 1.87 bits per heavy atom. The summed E-state index contributed by atoms with van der Waals surface area (Å²) < 4.78 is 6.12. The summed E-state index contributed by atoms with van der Waals surface area (Å²) in [5, 5.41) is 9.90. The number of benzene rings is 2. The van der Waals surface area contributed by atoms with E-state index in [1.165, 1.54) is 16.0 Å². The summed E-state index contributed by atoms with van der Waals surface area (Å²) in [6.45, 7) is 9.09. The Labute approximate surface area is 178 Å². The molecule has 2 heterocycles.